The second kappa shape index (κ2) is 9.98. The molecule has 3 saturated heterocycles. The Labute approximate surface area is 201 Å². The van der Waals surface area contributed by atoms with Crippen LogP contribution >= 0.6 is 11.3 Å². The van der Waals surface area contributed by atoms with Gasteiger partial charge in [0, 0.05) is 35.6 Å². The summed E-state index contributed by atoms with van der Waals surface area (Å²) in [5, 5.41) is 3.00. The summed E-state index contributed by atoms with van der Waals surface area (Å²) in [5.41, 5.74) is 0.845. The van der Waals surface area contributed by atoms with Crippen LogP contribution in [0.25, 0.3) is 0 Å². The third-order valence-electron chi connectivity index (χ3n) is 7.85. The van der Waals surface area contributed by atoms with E-state index in [1.807, 2.05) is 36.4 Å². The molecule has 0 radical (unpaired) electrons. The van der Waals surface area contributed by atoms with E-state index < -0.39 is 0 Å². The molecule has 3 aliphatic rings. The standard InChI is InChI=1S/C27H35N3O2S/c1-19-14-15-24(33-19)27(32)30-18-20-8-6-16-29-17-7-11-22(26(20)29)23(30)12-5-13-25(31)28-21-9-3-2-4-10-21/h2-4,9-10,14-15,20,22-23,26H,5-8,11-13,16-18H2,1H3,(H,28,31)/t20-,22+,23+,26-/m0/s1. The van der Waals surface area contributed by atoms with Gasteiger partial charge in [0.2, 0.25) is 5.91 Å². The van der Waals surface area contributed by atoms with Crippen molar-refractivity contribution in [3.8, 4) is 0 Å². The quantitative estimate of drug-likeness (QED) is 0.640. The number of amides is 2. The van der Waals surface area contributed by atoms with Gasteiger partial charge in [0.1, 0.15) is 0 Å². The maximum absolute atomic E-state index is 13.6. The molecule has 0 bridgehead atoms. The number of benzene rings is 1. The molecular formula is C27H35N3O2S. The molecule has 176 valence electrons. The lowest BCUT2D eigenvalue weighted by molar-refractivity contribution is -0.116. The molecule has 0 spiro atoms. The van der Waals surface area contributed by atoms with E-state index in [9.17, 15) is 9.59 Å². The minimum atomic E-state index is 0.0598. The number of carbonyl (C=O) groups is 2. The molecule has 0 aliphatic carbocycles. The minimum absolute atomic E-state index is 0.0598. The largest absolute Gasteiger partial charge is 0.334 e. The van der Waals surface area contributed by atoms with Gasteiger partial charge in [-0.2, -0.15) is 0 Å². The van der Waals surface area contributed by atoms with Crippen LogP contribution in [0.3, 0.4) is 0 Å². The third-order valence-corrected chi connectivity index (χ3v) is 8.83. The molecule has 5 nitrogen and oxygen atoms in total. The fourth-order valence-corrected chi connectivity index (χ4v) is 7.33. The van der Waals surface area contributed by atoms with E-state index in [1.165, 1.54) is 43.6 Å². The second-order valence-corrected chi connectivity index (χ2v) is 11.3. The van der Waals surface area contributed by atoms with E-state index in [4.69, 9.17) is 0 Å². The maximum Gasteiger partial charge on any atom is 0.264 e. The van der Waals surface area contributed by atoms with Crippen molar-refractivity contribution in [3.63, 3.8) is 0 Å². The van der Waals surface area contributed by atoms with Crippen LogP contribution in [0.1, 0.15) is 59.5 Å². The van der Waals surface area contributed by atoms with Gasteiger partial charge in [0.05, 0.1) is 4.88 Å². The van der Waals surface area contributed by atoms with Gasteiger partial charge in [-0.25, -0.2) is 0 Å². The molecular weight excluding hydrogens is 430 g/mol. The Kier molecular flexibility index (Phi) is 6.84. The van der Waals surface area contributed by atoms with E-state index in [0.29, 0.717) is 24.3 Å². The molecule has 4 heterocycles. The number of anilines is 1. The molecule has 3 aliphatic heterocycles. The molecule has 6 heteroatoms. The monoisotopic (exact) mass is 465 g/mol. The molecule has 0 saturated carbocycles. The van der Waals surface area contributed by atoms with Crippen LogP contribution in [-0.4, -0.2) is 53.3 Å². The lowest BCUT2D eigenvalue weighted by Crippen LogP contribution is -2.65. The van der Waals surface area contributed by atoms with Crippen molar-refractivity contribution in [2.45, 2.75) is 64.0 Å². The van der Waals surface area contributed by atoms with Crippen molar-refractivity contribution in [2.75, 3.05) is 25.0 Å². The van der Waals surface area contributed by atoms with Crippen LogP contribution in [0, 0.1) is 18.8 Å². The predicted molar refractivity (Wildman–Crippen MR) is 134 cm³/mol. The summed E-state index contributed by atoms with van der Waals surface area (Å²) in [6.45, 7) is 5.36. The van der Waals surface area contributed by atoms with Gasteiger partial charge in [-0.1, -0.05) is 18.2 Å². The lowest BCUT2D eigenvalue weighted by atomic mass is 9.69. The zero-order valence-electron chi connectivity index (χ0n) is 19.5. The fraction of sp³-hybridized carbons (Fsp3) is 0.556. The van der Waals surface area contributed by atoms with E-state index in [2.05, 4.69) is 28.1 Å². The summed E-state index contributed by atoms with van der Waals surface area (Å²) in [6.07, 6.45) is 7.11. The van der Waals surface area contributed by atoms with E-state index >= 15 is 0 Å². The number of para-hydroxylation sites is 1. The van der Waals surface area contributed by atoms with E-state index in [-0.39, 0.29) is 17.9 Å². The molecule has 1 aromatic heterocycles. The van der Waals surface area contributed by atoms with Gasteiger partial charge in [0.15, 0.2) is 0 Å². The summed E-state index contributed by atoms with van der Waals surface area (Å²) in [7, 11) is 0. The fourth-order valence-electron chi connectivity index (χ4n) is 6.51. The molecule has 0 unspecified atom stereocenters. The summed E-state index contributed by atoms with van der Waals surface area (Å²) in [4.78, 5) is 33.2. The minimum Gasteiger partial charge on any atom is -0.334 e. The highest BCUT2D eigenvalue weighted by Gasteiger charge is 2.49. The van der Waals surface area contributed by atoms with Crippen molar-refractivity contribution < 1.29 is 9.59 Å². The van der Waals surface area contributed by atoms with Gasteiger partial charge in [-0.15, -0.1) is 11.3 Å². The molecule has 33 heavy (non-hydrogen) atoms. The molecule has 2 aromatic rings. The van der Waals surface area contributed by atoms with Crippen molar-refractivity contribution in [1.82, 2.24) is 9.80 Å². The number of carbonyl (C=O) groups excluding carboxylic acids is 2. The van der Waals surface area contributed by atoms with Gasteiger partial charge < -0.3 is 10.2 Å². The summed E-state index contributed by atoms with van der Waals surface area (Å²) in [5.74, 6) is 1.38. The number of thiophene rings is 1. The number of nitrogens with zero attached hydrogens (tertiary/aromatic N) is 2. The maximum atomic E-state index is 13.6. The zero-order chi connectivity index (χ0) is 22.8. The van der Waals surface area contributed by atoms with Gasteiger partial charge in [0.25, 0.3) is 5.91 Å². The molecule has 2 amide bonds. The topological polar surface area (TPSA) is 52.7 Å². The first-order valence-corrected chi connectivity index (χ1v) is 13.4. The zero-order valence-corrected chi connectivity index (χ0v) is 20.4. The van der Waals surface area contributed by atoms with Crippen LogP contribution < -0.4 is 5.32 Å². The number of likely N-dealkylation sites (tertiary alicyclic amines) is 1. The highest BCUT2D eigenvalue weighted by Crippen LogP contribution is 2.44. The highest BCUT2D eigenvalue weighted by molar-refractivity contribution is 7.13. The Morgan fingerprint density at radius 2 is 1.85 bits per heavy atom. The Bertz CT molecular complexity index is 973. The molecule has 1 N–H and O–H groups in total. The van der Waals surface area contributed by atoms with Gasteiger partial charge in [-0.05, 0) is 94.6 Å². The molecule has 5 rings (SSSR count). The molecule has 3 fully saturated rings. The highest BCUT2D eigenvalue weighted by atomic mass is 32.1. The Balaban J connectivity index is 1.30. The van der Waals surface area contributed by atoms with Crippen molar-refractivity contribution in [3.05, 3.63) is 52.2 Å². The van der Waals surface area contributed by atoms with Crippen LogP contribution in [0.2, 0.25) is 0 Å². The van der Waals surface area contributed by atoms with Crippen LogP contribution in [0.15, 0.2) is 42.5 Å². The van der Waals surface area contributed by atoms with Crippen molar-refractivity contribution >= 4 is 28.8 Å². The number of nitrogens with one attached hydrogen (secondary N) is 1. The van der Waals surface area contributed by atoms with Crippen molar-refractivity contribution in [1.29, 1.82) is 0 Å². The number of rotatable bonds is 6. The first kappa shape index (κ1) is 22.6. The first-order valence-electron chi connectivity index (χ1n) is 12.6. The first-order chi connectivity index (χ1) is 16.1. The average Bonchev–Trinajstić information content (AvgIpc) is 3.27. The van der Waals surface area contributed by atoms with E-state index in [0.717, 1.165) is 30.0 Å². The molecule has 1 aromatic carbocycles. The Hall–Kier alpha value is -2.18. The SMILES string of the molecule is Cc1ccc(C(=O)N2C[C@@H]3CCCN4CCC[C@@H]([C@H]34)[C@H]2CCCC(=O)Nc2ccccc2)s1. The van der Waals surface area contributed by atoms with Crippen LogP contribution in [0.5, 0.6) is 0 Å². The number of hydrogen-bond acceptors (Lipinski definition) is 4. The smallest absolute Gasteiger partial charge is 0.264 e. The second-order valence-electron chi connectivity index (χ2n) is 9.98. The number of hydrogen-bond donors (Lipinski definition) is 1. The normalized spacial score (nSPS) is 27.1. The van der Waals surface area contributed by atoms with Gasteiger partial charge >= 0.3 is 0 Å². The van der Waals surface area contributed by atoms with Crippen LogP contribution in [-0.2, 0) is 4.79 Å². The van der Waals surface area contributed by atoms with E-state index in [1.54, 1.807) is 11.3 Å². The number of piperidine rings is 3. The van der Waals surface area contributed by atoms with Crippen molar-refractivity contribution in [2.24, 2.45) is 11.8 Å². The Morgan fingerprint density at radius 1 is 1.06 bits per heavy atom. The third kappa shape index (κ3) is 4.87. The predicted octanol–water partition coefficient (Wildman–Crippen LogP) is 5.18. The number of aryl methyl sites for hydroxylation is 1. The van der Waals surface area contributed by atoms with Gasteiger partial charge in [-0.3, -0.25) is 14.5 Å². The molecule has 4 atom stereocenters. The summed E-state index contributed by atoms with van der Waals surface area (Å²) < 4.78 is 0. The summed E-state index contributed by atoms with van der Waals surface area (Å²) in [6, 6.07) is 14.5. The lowest BCUT2D eigenvalue weighted by Gasteiger charge is -2.57. The van der Waals surface area contributed by atoms with Crippen LogP contribution in [0.4, 0.5) is 5.69 Å². The average molecular weight is 466 g/mol. The Morgan fingerprint density at radius 3 is 2.61 bits per heavy atom. The summed E-state index contributed by atoms with van der Waals surface area (Å²) >= 11 is 1.61.